The number of nitro benzene ring substituents is 1. The highest BCUT2D eigenvalue weighted by molar-refractivity contribution is 6.02. The van der Waals surface area contributed by atoms with Crippen LogP contribution in [-0.4, -0.2) is 35.2 Å². The molecule has 1 saturated heterocycles. The van der Waals surface area contributed by atoms with Gasteiger partial charge in [-0.3, -0.25) is 14.9 Å². The van der Waals surface area contributed by atoms with Gasteiger partial charge in [-0.2, -0.15) is 0 Å². The van der Waals surface area contributed by atoms with Crippen LogP contribution in [0.2, 0.25) is 0 Å². The van der Waals surface area contributed by atoms with E-state index in [4.69, 9.17) is 0 Å². The highest BCUT2D eigenvalue weighted by Gasteiger charge is 2.37. The molecular weight excluding hydrogens is 376 g/mol. The Morgan fingerprint density at radius 1 is 1.04 bits per heavy atom. The molecule has 0 saturated carbocycles. The fourth-order valence-corrected chi connectivity index (χ4v) is 4.50. The molecule has 1 heterocycles. The molecule has 2 aliphatic rings. The van der Waals surface area contributed by atoms with E-state index in [0.717, 1.165) is 56.4 Å². The third kappa shape index (κ3) is 4.26. The van der Waals surface area contributed by atoms with Gasteiger partial charge in [-0.1, -0.05) is 36.4 Å². The predicted molar refractivity (Wildman–Crippen MR) is 111 cm³/mol. The average molecular weight is 401 g/mol. The molecule has 0 amide bonds. The third-order valence-electron chi connectivity index (χ3n) is 6.12. The summed E-state index contributed by atoms with van der Waals surface area (Å²) in [5.74, 6) is 0.995. The molecule has 2 aromatic carbocycles. The Balaban J connectivity index is 0.00000225. The maximum atomic E-state index is 12.7. The summed E-state index contributed by atoms with van der Waals surface area (Å²) in [6.45, 7) is 3.01. The molecule has 1 atom stereocenters. The van der Waals surface area contributed by atoms with Gasteiger partial charge in [0.1, 0.15) is 0 Å². The molecule has 0 spiro atoms. The van der Waals surface area contributed by atoms with Gasteiger partial charge < -0.3 is 4.90 Å². The molecule has 0 bridgehead atoms. The summed E-state index contributed by atoms with van der Waals surface area (Å²) in [6.07, 6.45) is 3.95. The quantitative estimate of drug-likeness (QED) is 0.553. The second kappa shape index (κ2) is 8.84. The highest BCUT2D eigenvalue weighted by atomic mass is 35.5. The lowest BCUT2D eigenvalue weighted by Crippen LogP contribution is -2.38. The summed E-state index contributed by atoms with van der Waals surface area (Å²) in [4.78, 5) is 25.5. The van der Waals surface area contributed by atoms with Crippen molar-refractivity contribution in [3.63, 3.8) is 0 Å². The molecule has 0 radical (unpaired) electrons. The van der Waals surface area contributed by atoms with Crippen LogP contribution in [0.15, 0.2) is 48.5 Å². The molecule has 28 heavy (non-hydrogen) atoms. The first-order valence-electron chi connectivity index (χ1n) is 9.69. The Labute approximate surface area is 171 Å². The van der Waals surface area contributed by atoms with Gasteiger partial charge in [0.05, 0.1) is 4.92 Å². The molecule has 1 aliphatic heterocycles. The molecule has 148 valence electrons. The van der Waals surface area contributed by atoms with Gasteiger partial charge in [0, 0.05) is 30.2 Å². The van der Waals surface area contributed by atoms with Crippen LogP contribution in [0, 0.1) is 22.0 Å². The van der Waals surface area contributed by atoms with Crippen LogP contribution < -0.4 is 0 Å². The van der Waals surface area contributed by atoms with Crippen LogP contribution >= 0.6 is 12.4 Å². The number of carbonyl (C=O) groups is 1. The van der Waals surface area contributed by atoms with E-state index in [0.29, 0.717) is 11.7 Å². The number of benzene rings is 2. The maximum Gasteiger partial charge on any atom is 0.269 e. The summed E-state index contributed by atoms with van der Waals surface area (Å²) in [5, 5.41) is 10.7. The number of ketones is 1. The monoisotopic (exact) mass is 400 g/mol. The minimum atomic E-state index is -0.364. The summed E-state index contributed by atoms with van der Waals surface area (Å²) in [5.41, 5.74) is 3.42. The molecule has 2 aromatic rings. The second-order valence-electron chi connectivity index (χ2n) is 7.68. The number of nitro groups is 1. The number of non-ortho nitro benzene ring substituents is 1. The van der Waals surface area contributed by atoms with Crippen molar-refractivity contribution in [1.82, 2.24) is 4.90 Å². The number of piperidine rings is 1. The smallest absolute Gasteiger partial charge is 0.269 e. The van der Waals surface area contributed by atoms with Crippen LogP contribution in [0.4, 0.5) is 5.69 Å². The van der Waals surface area contributed by atoms with Crippen molar-refractivity contribution in [3.8, 4) is 0 Å². The summed E-state index contributed by atoms with van der Waals surface area (Å²) >= 11 is 0. The van der Waals surface area contributed by atoms with Crippen molar-refractivity contribution in [1.29, 1.82) is 0 Å². The molecule has 4 rings (SSSR count). The zero-order chi connectivity index (χ0) is 18.8. The number of carbonyl (C=O) groups excluding carboxylic acids is 1. The van der Waals surface area contributed by atoms with Crippen LogP contribution in [0.25, 0.3) is 0 Å². The fraction of sp³-hybridized carbons (Fsp3) is 0.409. The first-order valence-corrected chi connectivity index (χ1v) is 9.69. The van der Waals surface area contributed by atoms with Crippen LogP contribution in [-0.2, 0) is 12.8 Å². The van der Waals surface area contributed by atoms with Gasteiger partial charge in [-0.05, 0) is 55.8 Å². The normalized spacial score (nSPS) is 19.9. The van der Waals surface area contributed by atoms with E-state index < -0.39 is 0 Å². The van der Waals surface area contributed by atoms with E-state index in [1.54, 1.807) is 12.1 Å². The largest absolute Gasteiger partial charge is 0.303 e. The zero-order valence-electron chi connectivity index (χ0n) is 15.8. The SMILES string of the molecule is Cl.O=C1c2ccccc2CC1C1CCN(CCc2ccc([N+](=O)[O-])cc2)CC1. The minimum Gasteiger partial charge on any atom is -0.303 e. The summed E-state index contributed by atoms with van der Waals surface area (Å²) in [7, 11) is 0. The van der Waals surface area contributed by atoms with Crippen LogP contribution in [0.3, 0.4) is 0 Å². The standard InChI is InChI=1S/C22H24N2O3.ClH/c25-22-20-4-2-1-3-18(20)15-21(22)17-10-13-23(14-11-17)12-9-16-5-7-19(8-6-16)24(26)27;/h1-8,17,21H,9-15H2;1H. The molecule has 0 aromatic heterocycles. The fourth-order valence-electron chi connectivity index (χ4n) is 4.50. The Morgan fingerprint density at radius 3 is 2.36 bits per heavy atom. The first kappa shape index (κ1) is 20.5. The molecule has 1 unspecified atom stereocenters. The van der Waals surface area contributed by atoms with Gasteiger partial charge in [0.25, 0.3) is 5.69 Å². The van der Waals surface area contributed by atoms with Crippen molar-refractivity contribution in [3.05, 3.63) is 75.3 Å². The minimum absolute atomic E-state index is 0. The second-order valence-corrected chi connectivity index (χ2v) is 7.68. The molecule has 0 N–H and O–H groups in total. The van der Waals surface area contributed by atoms with Crippen LogP contribution in [0.1, 0.15) is 34.3 Å². The number of fused-ring (bicyclic) bond motifs is 1. The Bertz CT molecular complexity index is 845. The van der Waals surface area contributed by atoms with Gasteiger partial charge in [0.2, 0.25) is 0 Å². The highest BCUT2D eigenvalue weighted by Crippen LogP contribution is 2.36. The molecule has 6 heteroatoms. The third-order valence-corrected chi connectivity index (χ3v) is 6.12. The number of halogens is 1. The molecule has 5 nitrogen and oxygen atoms in total. The van der Waals surface area contributed by atoms with E-state index >= 15 is 0 Å². The molecular formula is C22H25ClN2O3. The number of hydrogen-bond donors (Lipinski definition) is 0. The topological polar surface area (TPSA) is 63.5 Å². The lowest BCUT2D eigenvalue weighted by Gasteiger charge is -2.34. The number of likely N-dealkylation sites (tertiary alicyclic amines) is 1. The Hall–Kier alpha value is -2.24. The van der Waals surface area contributed by atoms with E-state index in [1.165, 1.54) is 5.56 Å². The first-order chi connectivity index (χ1) is 13.1. The molecule has 1 aliphatic carbocycles. The van der Waals surface area contributed by atoms with E-state index in [1.807, 2.05) is 30.3 Å². The van der Waals surface area contributed by atoms with Crippen molar-refractivity contribution in [2.24, 2.45) is 11.8 Å². The van der Waals surface area contributed by atoms with E-state index in [2.05, 4.69) is 11.0 Å². The van der Waals surface area contributed by atoms with Crippen LogP contribution in [0.5, 0.6) is 0 Å². The number of Topliss-reactive ketones (excluding diaryl/α,β-unsaturated/α-hetero) is 1. The zero-order valence-corrected chi connectivity index (χ0v) is 16.6. The van der Waals surface area contributed by atoms with Crippen molar-refractivity contribution in [2.75, 3.05) is 19.6 Å². The molecule has 1 fully saturated rings. The van der Waals surface area contributed by atoms with Gasteiger partial charge in [0.15, 0.2) is 5.78 Å². The number of hydrogen-bond acceptors (Lipinski definition) is 4. The van der Waals surface area contributed by atoms with E-state index in [-0.39, 0.29) is 28.9 Å². The number of rotatable bonds is 5. The average Bonchev–Trinajstić information content (AvgIpc) is 3.04. The van der Waals surface area contributed by atoms with Gasteiger partial charge in [-0.15, -0.1) is 12.4 Å². The van der Waals surface area contributed by atoms with Crippen molar-refractivity contribution < 1.29 is 9.72 Å². The van der Waals surface area contributed by atoms with Crippen molar-refractivity contribution in [2.45, 2.75) is 25.7 Å². The summed E-state index contributed by atoms with van der Waals surface area (Å²) < 4.78 is 0. The van der Waals surface area contributed by atoms with Gasteiger partial charge in [-0.25, -0.2) is 0 Å². The Morgan fingerprint density at radius 2 is 1.71 bits per heavy atom. The van der Waals surface area contributed by atoms with Crippen molar-refractivity contribution >= 4 is 23.9 Å². The predicted octanol–water partition coefficient (Wildman–Crippen LogP) is 4.33. The number of nitrogens with zero attached hydrogens (tertiary/aromatic N) is 2. The maximum absolute atomic E-state index is 12.7. The lowest BCUT2D eigenvalue weighted by atomic mass is 9.82. The summed E-state index contributed by atoms with van der Waals surface area (Å²) in [6, 6.07) is 14.9. The lowest BCUT2D eigenvalue weighted by molar-refractivity contribution is -0.384. The Kier molecular flexibility index (Phi) is 6.47. The van der Waals surface area contributed by atoms with Gasteiger partial charge >= 0.3 is 0 Å². The van der Waals surface area contributed by atoms with E-state index in [9.17, 15) is 14.9 Å².